The highest BCUT2D eigenvalue weighted by molar-refractivity contribution is 7.57. The molecule has 0 aromatic carbocycles. The van der Waals surface area contributed by atoms with Gasteiger partial charge in [-0.1, -0.05) is 13.8 Å². The van der Waals surface area contributed by atoms with Gasteiger partial charge in [-0.2, -0.15) is 0 Å². The molecule has 0 aromatic heterocycles. The molecule has 0 heterocycles. The van der Waals surface area contributed by atoms with Crippen LogP contribution < -0.4 is 0 Å². The summed E-state index contributed by atoms with van der Waals surface area (Å²) in [6, 6.07) is 0. The van der Waals surface area contributed by atoms with Crippen LogP contribution in [-0.2, 0) is 18.6 Å². The Morgan fingerprint density at radius 2 is 1.93 bits per heavy atom. The van der Waals surface area contributed by atoms with Crippen LogP contribution in [0.1, 0.15) is 26.7 Å². The maximum Gasteiger partial charge on any atom is 0.305 e. The van der Waals surface area contributed by atoms with E-state index in [0.29, 0.717) is 12.8 Å². The number of esters is 1. The predicted molar refractivity (Wildman–Crippen MR) is 55.9 cm³/mol. The monoisotopic (exact) mass is 222 g/mol. The normalized spacial score (nSPS) is 13.7. The van der Waals surface area contributed by atoms with Crippen LogP contribution in [-0.4, -0.2) is 32.0 Å². The summed E-state index contributed by atoms with van der Waals surface area (Å²) >= 11 is 0. The summed E-state index contributed by atoms with van der Waals surface area (Å²) in [7, 11) is -2.48. The summed E-state index contributed by atoms with van der Waals surface area (Å²) in [5, 5.41) is 0. The van der Waals surface area contributed by atoms with Gasteiger partial charge in [-0.25, -0.2) is 0 Å². The van der Waals surface area contributed by atoms with Gasteiger partial charge in [0.25, 0.3) is 0 Å². The zero-order valence-corrected chi connectivity index (χ0v) is 10.2. The van der Waals surface area contributed by atoms with E-state index in [0.717, 1.165) is 0 Å². The minimum Gasteiger partial charge on any atom is -0.460 e. The first-order valence-electron chi connectivity index (χ1n) is 4.78. The molecule has 0 saturated heterocycles. The first-order chi connectivity index (χ1) is 6.39. The third kappa shape index (κ3) is 7.10. The number of ether oxygens (including phenoxy) is 1. The second kappa shape index (κ2) is 6.20. The number of carbonyl (C=O) groups is 1. The predicted octanol–water partition coefficient (Wildman–Crippen LogP) is 2.27. The van der Waals surface area contributed by atoms with Gasteiger partial charge in [0.05, 0.1) is 6.61 Å². The maximum atomic E-state index is 11.2. The molecule has 0 amide bonds. The summed E-state index contributed by atoms with van der Waals surface area (Å²) in [4.78, 5) is 11.0. The van der Waals surface area contributed by atoms with E-state index in [1.807, 2.05) is 6.92 Å². The summed E-state index contributed by atoms with van der Waals surface area (Å²) in [5.74, 6) is -0.248. The Labute approximate surface area is 85.4 Å². The fourth-order valence-electron chi connectivity index (χ4n) is 0.767. The van der Waals surface area contributed by atoms with Crippen molar-refractivity contribution in [3.63, 3.8) is 0 Å². The third-order valence-electron chi connectivity index (χ3n) is 1.61. The van der Waals surface area contributed by atoms with Crippen LogP contribution >= 0.6 is 7.37 Å². The molecule has 14 heavy (non-hydrogen) atoms. The van der Waals surface area contributed by atoms with Gasteiger partial charge in [0.15, 0.2) is 7.37 Å². The number of carbonyl (C=O) groups excluding carboxylic acids is 1. The van der Waals surface area contributed by atoms with Crippen molar-refractivity contribution in [3.05, 3.63) is 0 Å². The fraction of sp³-hybridized carbons (Fsp3) is 0.889. The van der Waals surface area contributed by atoms with E-state index in [4.69, 9.17) is 9.26 Å². The van der Waals surface area contributed by atoms with Gasteiger partial charge in [-0.3, -0.25) is 9.36 Å². The van der Waals surface area contributed by atoms with Gasteiger partial charge in [0.2, 0.25) is 0 Å². The Kier molecular flexibility index (Phi) is 6.05. The van der Waals surface area contributed by atoms with Crippen molar-refractivity contribution < 1.29 is 18.6 Å². The van der Waals surface area contributed by atoms with Gasteiger partial charge in [0, 0.05) is 19.8 Å². The molecule has 5 heteroatoms. The highest BCUT2D eigenvalue weighted by atomic mass is 31.2. The lowest BCUT2D eigenvalue weighted by atomic mass is 10.3. The van der Waals surface area contributed by atoms with E-state index in [-0.39, 0.29) is 18.7 Å². The van der Waals surface area contributed by atoms with Gasteiger partial charge in [-0.05, 0) is 6.42 Å². The van der Waals surface area contributed by atoms with Crippen molar-refractivity contribution >= 4 is 13.3 Å². The molecule has 0 saturated carbocycles. The molecular weight excluding hydrogens is 203 g/mol. The van der Waals surface area contributed by atoms with E-state index in [9.17, 15) is 9.36 Å². The zero-order chi connectivity index (χ0) is 11.2. The Morgan fingerprint density at radius 1 is 1.36 bits per heavy atom. The van der Waals surface area contributed by atoms with Crippen LogP contribution in [0.25, 0.3) is 0 Å². The highest BCUT2D eigenvalue weighted by Crippen LogP contribution is 2.37. The molecule has 1 atom stereocenters. The van der Waals surface area contributed by atoms with Crippen LogP contribution in [0.5, 0.6) is 0 Å². The molecule has 0 bridgehead atoms. The van der Waals surface area contributed by atoms with Crippen molar-refractivity contribution in [1.29, 1.82) is 0 Å². The van der Waals surface area contributed by atoms with Gasteiger partial charge >= 0.3 is 5.97 Å². The van der Waals surface area contributed by atoms with Crippen molar-refractivity contribution in [3.8, 4) is 0 Å². The molecular formula is C9H19O4P. The molecule has 0 N–H and O–H groups in total. The Balaban J connectivity index is 3.92. The Bertz CT molecular complexity index is 221. The molecule has 0 fully saturated rings. The summed E-state index contributed by atoms with van der Waals surface area (Å²) in [5.41, 5.74) is 0. The largest absolute Gasteiger partial charge is 0.460 e. The average Bonchev–Trinajstić information content (AvgIpc) is 2.10. The molecule has 0 radical (unpaired) electrons. The Hall–Kier alpha value is -0.340. The number of hydrogen-bond acceptors (Lipinski definition) is 4. The lowest BCUT2D eigenvalue weighted by Crippen LogP contribution is -2.21. The van der Waals surface area contributed by atoms with Crippen LogP contribution in [0.4, 0.5) is 0 Å². The molecule has 0 aliphatic heterocycles. The van der Waals surface area contributed by atoms with E-state index in [2.05, 4.69) is 0 Å². The van der Waals surface area contributed by atoms with E-state index >= 15 is 0 Å². The molecule has 0 aliphatic rings. The molecule has 84 valence electrons. The average molecular weight is 222 g/mol. The molecule has 0 spiro atoms. The summed E-state index contributed by atoms with van der Waals surface area (Å²) in [6.45, 7) is 6.93. The minimum atomic E-state index is -2.48. The lowest BCUT2D eigenvalue weighted by molar-refractivity contribution is -0.150. The molecule has 0 aliphatic carbocycles. The summed E-state index contributed by atoms with van der Waals surface area (Å²) < 4.78 is 21.4. The third-order valence-corrected chi connectivity index (χ3v) is 2.38. The van der Waals surface area contributed by atoms with Gasteiger partial charge in [0.1, 0.15) is 6.10 Å². The standard InChI is InChI=1S/C9H19O4P/c1-5-8(13-9(10)6-2)7-12-14(3,4)11/h8H,5-7H2,1-4H3/t8-/m1/s1. The summed E-state index contributed by atoms with van der Waals surface area (Å²) in [6.07, 6.45) is 0.744. The maximum absolute atomic E-state index is 11.2. The van der Waals surface area contributed by atoms with Crippen molar-refractivity contribution in [1.82, 2.24) is 0 Å². The zero-order valence-electron chi connectivity index (χ0n) is 9.28. The lowest BCUT2D eigenvalue weighted by Gasteiger charge is -2.17. The highest BCUT2D eigenvalue weighted by Gasteiger charge is 2.15. The smallest absolute Gasteiger partial charge is 0.305 e. The molecule has 4 nitrogen and oxygen atoms in total. The minimum absolute atomic E-state index is 0.215. The van der Waals surface area contributed by atoms with E-state index < -0.39 is 7.37 Å². The van der Waals surface area contributed by atoms with E-state index in [1.54, 1.807) is 20.3 Å². The topological polar surface area (TPSA) is 52.6 Å². The van der Waals surface area contributed by atoms with Gasteiger partial charge < -0.3 is 9.26 Å². The first-order valence-corrected chi connectivity index (χ1v) is 7.30. The van der Waals surface area contributed by atoms with E-state index in [1.165, 1.54) is 0 Å². The molecule has 0 rings (SSSR count). The fourth-order valence-corrected chi connectivity index (χ4v) is 1.29. The van der Waals surface area contributed by atoms with Gasteiger partial charge in [-0.15, -0.1) is 0 Å². The van der Waals surface area contributed by atoms with Crippen molar-refractivity contribution in [2.45, 2.75) is 32.8 Å². The van der Waals surface area contributed by atoms with Crippen molar-refractivity contribution in [2.75, 3.05) is 19.9 Å². The second-order valence-electron chi connectivity index (χ2n) is 3.42. The Morgan fingerprint density at radius 3 is 2.29 bits per heavy atom. The quantitative estimate of drug-likeness (QED) is 0.511. The SMILES string of the molecule is CCC(=O)O[C@H](CC)COP(C)(C)=O. The van der Waals surface area contributed by atoms with Crippen molar-refractivity contribution in [2.24, 2.45) is 0 Å². The second-order valence-corrected chi connectivity index (χ2v) is 6.18. The first kappa shape index (κ1) is 13.7. The van der Waals surface area contributed by atoms with Crippen LogP contribution in [0.3, 0.4) is 0 Å². The van der Waals surface area contributed by atoms with Crippen LogP contribution in [0, 0.1) is 0 Å². The van der Waals surface area contributed by atoms with Crippen LogP contribution in [0.2, 0.25) is 0 Å². The molecule has 0 aromatic rings. The molecule has 0 unspecified atom stereocenters. The number of hydrogen-bond donors (Lipinski definition) is 0. The van der Waals surface area contributed by atoms with Crippen LogP contribution in [0.15, 0.2) is 0 Å². The number of rotatable bonds is 6.